The van der Waals surface area contributed by atoms with Gasteiger partial charge in [0.25, 0.3) is 0 Å². The molecule has 1 heterocycles. The molecule has 1 rings (SSSR count). The van der Waals surface area contributed by atoms with Crippen molar-refractivity contribution >= 4 is 45.2 Å². The van der Waals surface area contributed by atoms with Gasteiger partial charge in [-0.05, 0) is 45.2 Å². The SMILES string of the molecule is COc1c(I)n[nH]c1I. The van der Waals surface area contributed by atoms with Crippen molar-refractivity contribution in [3.8, 4) is 5.75 Å². The molecule has 0 unspecified atom stereocenters. The van der Waals surface area contributed by atoms with E-state index >= 15 is 0 Å². The molecule has 5 heteroatoms. The molecule has 0 amide bonds. The first-order chi connectivity index (χ1) is 4.25. The lowest BCUT2D eigenvalue weighted by Crippen LogP contribution is -1.83. The minimum Gasteiger partial charge on any atom is -0.491 e. The Kier molecular flexibility index (Phi) is 2.56. The van der Waals surface area contributed by atoms with Gasteiger partial charge in [0.1, 0.15) is 3.70 Å². The van der Waals surface area contributed by atoms with E-state index in [1.54, 1.807) is 7.11 Å². The van der Waals surface area contributed by atoms with Gasteiger partial charge in [0.2, 0.25) is 0 Å². The lowest BCUT2D eigenvalue weighted by Gasteiger charge is -1.92. The minimum atomic E-state index is 0.830. The number of nitrogens with zero attached hydrogens (tertiary/aromatic N) is 1. The van der Waals surface area contributed by atoms with Crippen LogP contribution < -0.4 is 4.74 Å². The Hall–Kier alpha value is 0.470. The van der Waals surface area contributed by atoms with E-state index in [2.05, 4.69) is 55.4 Å². The molecule has 1 aromatic heterocycles. The van der Waals surface area contributed by atoms with E-state index in [0.717, 1.165) is 13.2 Å². The number of ether oxygens (including phenoxy) is 1. The summed E-state index contributed by atoms with van der Waals surface area (Å²) in [6.07, 6.45) is 0. The Morgan fingerprint density at radius 3 is 2.44 bits per heavy atom. The highest BCUT2D eigenvalue weighted by molar-refractivity contribution is 14.1. The third-order valence-electron chi connectivity index (χ3n) is 0.843. The van der Waals surface area contributed by atoms with E-state index in [9.17, 15) is 0 Å². The lowest BCUT2D eigenvalue weighted by molar-refractivity contribution is 0.409. The van der Waals surface area contributed by atoms with Crippen LogP contribution in [-0.4, -0.2) is 17.3 Å². The molecule has 9 heavy (non-hydrogen) atoms. The van der Waals surface area contributed by atoms with Crippen LogP contribution >= 0.6 is 45.2 Å². The van der Waals surface area contributed by atoms with Crippen LogP contribution in [0.3, 0.4) is 0 Å². The summed E-state index contributed by atoms with van der Waals surface area (Å²) in [5.41, 5.74) is 0. The van der Waals surface area contributed by atoms with Gasteiger partial charge in [-0.3, -0.25) is 5.10 Å². The number of hydrogen-bond donors (Lipinski definition) is 1. The standard InChI is InChI=1S/C4H4I2N2O/c1-9-2-3(5)7-8-4(2)6/h1H3,(H,7,8). The van der Waals surface area contributed by atoms with Crippen molar-refractivity contribution in [3.63, 3.8) is 0 Å². The van der Waals surface area contributed by atoms with Crippen molar-refractivity contribution in [1.29, 1.82) is 0 Å². The summed E-state index contributed by atoms with van der Waals surface area (Å²) >= 11 is 4.24. The van der Waals surface area contributed by atoms with Crippen LogP contribution in [0.2, 0.25) is 0 Å². The molecule has 0 spiro atoms. The molecule has 0 fully saturated rings. The lowest BCUT2D eigenvalue weighted by atomic mass is 10.7. The summed E-state index contributed by atoms with van der Waals surface area (Å²) in [5, 5.41) is 6.71. The van der Waals surface area contributed by atoms with Gasteiger partial charge in [-0.2, -0.15) is 5.10 Å². The Morgan fingerprint density at radius 2 is 2.22 bits per heavy atom. The Balaban J connectivity index is 3.07. The van der Waals surface area contributed by atoms with Gasteiger partial charge < -0.3 is 4.74 Å². The van der Waals surface area contributed by atoms with E-state index in [1.807, 2.05) is 0 Å². The number of aromatic amines is 1. The van der Waals surface area contributed by atoms with Crippen molar-refractivity contribution in [1.82, 2.24) is 10.2 Å². The smallest absolute Gasteiger partial charge is 0.183 e. The largest absolute Gasteiger partial charge is 0.491 e. The molecule has 0 radical (unpaired) electrons. The van der Waals surface area contributed by atoms with Crippen molar-refractivity contribution in [2.75, 3.05) is 7.11 Å². The van der Waals surface area contributed by atoms with Crippen LogP contribution in [0.15, 0.2) is 0 Å². The maximum absolute atomic E-state index is 5.01. The molecule has 0 bridgehead atoms. The molecule has 1 N–H and O–H groups in total. The highest BCUT2D eigenvalue weighted by Crippen LogP contribution is 2.23. The molecule has 0 aliphatic heterocycles. The van der Waals surface area contributed by atoms with Crippen LogP contribution in [0.1, 0.15) is 0 Å². The van der Waals surface area contributed by atoms with E-state index in [4.69, 9.17) is 4.74 Å². The summed E-state index contributed by atoms with van der Waals surface area (Å²) in [4.78, 5) is 0. The van der Waals surface area contributed by atoms with Gasteiger partial charge in [0, 0.05) is 0 Å². The van der Waals surface area contributed by atoms with Crippen molar-refractivity contribution in [2.24, 2.45) is 0 Å². The zero-order chi connectivity index (χ0) is 6.85. The van der Waals surface area contributed by atoms with Crippen LogP contribution in [0, 0.1) is 7.40 Å². The van der Waals surface area contributed by atoms with E-state index < -0.39 is 0 Å². The summed E-state index contributed by atoms with van der Waals surface area (Å²) in [6, 6.07) is 0. The summed E-state index contributed by atoms with van der Waals surface area (Å²) in [7, 11) is 1.63. The second-order valence-electron chi connectivity index (χ2n) is 1.36. The molecule has 1 aromatic rings. The van der Waals surface area contributed by atoms with Gasteiger partial charge in [-0.25, -0.2) is 0 Å². The first-order valence-corrected chi connectivity index (χ1v) is 4.35. The van der Waals surface area contributed by atoms with Gasteiger partial charge in [0.05, 0.1) is 7.11 Å². The number of methoxy groups -OCH3 is 1. The van der Waals surface area contributed by atoms with E-state index in [-0.39, 0.29) is 0 Å². The molecule has 0 saturated carbocycles. The second-order valence-corrected chi connectivity index (χ2v) is 3.46. The molecule has 3 nitrogen and oxygen atoms in total. The first-order valence-electron chi connectivity index (χ1n) is 2.19. The maximum Gasteiger partial charge on any atom is 0.183 e. The Bertz CT molecular complexity index is 191. The van der Waals surface area contributed by atoms with Gasteiger partial charge in [-0.15, -0.1) is 0 Å². The monoisotopic (exact) mass is 350 g/mol. The number of H-pyrrole nitrogens is 1. The Morgan fingerprint density at radius 1 is 1.56 bits per heavy atom. The summed E-state index contributed by atoms with van der Waals surface area (Å²) in [5.74, 6) is 0.830. The van der Waals surface area contributed by atoms with Crippen molar-refractivity contribution in [3.05, 3.63) is 7.40 Å². The average Bonchev–Trinajstić information content (AvgIpc) is 2.12. The van der Waals surface area contributed by atoms with Crippen LogP contribution in [0.25, 0.3) is 0 Å². The Labute approximate surface area is 79.8 Å². The van der Waals surface area contributed by atoms with Gasteiger partial charge in [-0.1, -0.05) is 0 Å². The van der Waals surface area contributed by atoms with E-state index in [0.29, 0.717) is 0 Å². The molecule has 0 aliphatic carbocycles. The molecule has 0 aromatic carbocycles. The number of halogens is 2. The highest BCUT2D eigenvalue weighted by atomic mass is 127. The number of nitrogens with one attached hydrogen (secondary N) is 1. The molecular formula is C4H4I2N2O. The average molecular weight is 350 g/mol. The van der Waals surface area contributed by atoms with Gasteiger partial charge >= 0.3 is 0 Å². The summed E-state index contributed by atoms with van der Waals surface area (Å²) < 4.78 is 6.83. The number of aromatic nitrogens is 2. The quantitative estimate of drug-likeness (QED) is 0.782. The molecular weight excluding hydrogens is 346 g/mol. The predicted octanol–water partition coefficient (Wildman–Crippen LogP) is 1.63. The zero-order valence-electron chi connectivity index (χ0n) is 4.61. The van der Waals surface area contributed by atoms with Crippen LogP contribution in [0.5, 0.6) is 5.75 Å². The fourth-order valence-electron chi connectivity index (χ4n) is 0.464. The topological polar surface area (TPSA) is 37.9 Å². The van der Waals surface area contributed by atoms with E-state index in [1.165, 1.54) is 0 Å². The maximum atomic E-state index is 5.01. The molecule has 0 saturated heterocycles. The van der Waals surface area contributed by atoms with Crippen LogP contribution in [-0.2, 0) is 0 Å². The normalized spacial score (nSPS) is 9.67. The van der Waals surface area contributed by atoms with Crippen molar-refractivity contribution < 1.29 is 4.74 Å². The second kappa shape index (κ2) is 3.04. The van der Waals surface area contributed by atoms with Crippen molar-refractivity contribution in [2.45, 2.75) is 0 Å². The first kappa shape index (κ1) is 7.58. The summed E-state index contributed by atoms with van der Waals surface area (Å²) in [6.45, 7) is 0. The number of rotatable bonds is 1. The third-order valence-corrected chi connectivity index (χ3v) is 2.31. The third kappa shape index (κ3) is 1.48. The zero-order valence-corrected chi connectivity index (χ0v) is 8.93. The fraction of sp³-hybridized carbons (Fsp3) is 0.250. The molecule has 50 valence electrons. The predicted molar refractivity (Wildman–Crippen MR) is 50.6 cm³/mol. The molecule has 0 atom stereocenters. The minimum absolute atomic E-state index is 0.830. The molecule has 0 aliphatic rings. The number of hydrogen-bond acceptors (Lipinski definition) is 2. The van der Waals surface area contributed by atoms with Crippen LogP contribution in [0.4, 0.5) is 0 Å². The highest BCUT2D eigenvalue weighted by Gasteiger charge is 2.06. The van der Waals surface area contributed by atoms with Gasteiger partial charge in [0.15, 0.2) is 9.45 Å². The fourth-order valence-corrected chi connectivity index (χ4v) is 2.19.